The molecule has 0 aliphatic heterocycles. The molecule has 0 atom stereocenters. The number of anilines is 2. The highest BCUT2D eigenvalue weighted by molar-refractivity contribution is 6.30. The summed E-state index contributed by atoms with van der Waals surface area (Å²) in [6.07, 6.45) is 3.30. The van der Waals surface area contributed by atoms with Crippen molar-refractivity contribution in [1.82, 2.24) is 15.0 Å². The zero-order valence-electron chi connectivity index (χ0n) is 14.2. The van der Waals surface area contributed by atoms with Crippen LogP contribution in [0.2, 0.25) is 5.02 Å². The van der Waals surface area contributed by atoms with Crippen LogP contribution in [0.5, 0.6) is 0 Å². The second-order valence-electron chi connectivity index (χ2n) is 6.01. The van der Waals surface area contributed by atoms with Crippen LogP contribution in [0.4, 0.5) is 15.8 Å². The molecule has 4 aromatic rings. The Hall–Kier alpha value is -3.65. The summed E-state index contributed by atoms with van der Waals surface area (Å²) in [7, 11) is 0. The van der Waals surface area contributed by atoms with E-state index in [0.29, 0.717) is 11.3 Å². The molecule has 3 aromatic heterocycles. The van der Waals surface area contributed by atoms with Gasteiger partial charge in [0.05, 0.1) is 16.9 Å². The second kappa shape index (κ2) is 6.82. The molecule has 0 spiro atoms. The van der Waals surface area contributed by atoms with Crippen molar-refractivity contribution in [1.29, 1.82) is 0 Å². The summed E-state index contributed by atoms with van der Waals surface area (Å²) in [5, 5.41) is 4.10. The molecule has 0 saturated heterocycles. The van der Waals surface area contributed by atoms with E-state index in [1.54, 1.807) is 24.5 Å². The first-order valence-corrected chi connectivity index (χ1v) is 8.53. The second-order valence-corrected chi connectivity index (χ2v) is 6.45. The Morgan fingerprint density at radius 3 is 2.75 bits per heavy atom. The van der Waals surface area contributed by atoms with Gasteiger partial charge in [-0.3, -0.25) is 9.59 Å². The molecule has 5 N–H and O–H groups in total. The third-order valence-corrected chi connectivity index (χ3v) is 4.47. The minimum Gasteiger partial charge on any atom is -0.364 e. The van der Waals surface area contributed by atoms with Gasteiger partial charge in [0.2, 0.25) is 0 Å². The lowest BCUT2D eigenvalue weighted by Crippen LogP contribution is -2.22. The molecule has 0 aliphatic rings. The first kappa shape index (κ1) is 17.7. The van der Waals surface area contributed by atoms with Crippen molar-refractivity contribution in [2.75, 3.05) is 5.32 Å². The van der Waals surface area contributed by atoms with Crippen LogP contribution >= 0.6 is 11.6 Å². The number of carbonyl (C=O) groups excluding carboxylic acids is 1. The molecule has 1 aromatic carbocycles. The molecule has 0 saturated carbocycles. The van der Waals surface area contributed by atoms with Crippen LogP contribution in [-0.4, -0.2) is 20.9 Å². The number of aromatic nitrogens is 3. The van der Waals surface area contributed by atoms with E-state index in [2.05, 4.69) is 20.3 Å². The van der Waals surface area contributed by atoms with Crippen molar-refractivity contribution >= 4 is 39.9 Å². The number of nitrogens with one attached hydrogen (secondary N) is 3. The van der Waals surface area contributed by atoms with Crippen LogP contribution < -0.4 is 16.6 Å². The zero-order chi connectivity index (χ0) is 19.8. The number of aromatic amines is 2. The minimum atomic E-state index is -0.836. The Morgan fingerprint density at radius 2 is 1.96 bits per heavy atom. The van der Waals surface area contributed by atoms with Gasteiger partial charge in [0.25, 0.3) is 11.5 Å². The van der Waals surface area contributed by atoms with E-state index >= 15 is 0 Å². The number of rotatable bonds is 4. The van der Waals surface area contributed by atoms with Gasteiger partial charge in [0.15, 0.2) is 0 Å². The van der Waals surface area contributed by atoms with Gasteiger partial charge in [-0.15, -0.1) is 0 Å². The van der Waals surface area contributed by atoms with E-state index < -0.39 is 17.3 Å². The molecule has 140 valence electrons. The van der Waals surface area contributed by atoms with Crippen molar-refractivity contribution in [2.24, 2.45) is 5.73 Å². The molecule has 4 rings (SSSR count). The number of halogens is 2. The molecule has 0 radical (unpaired) electrons. The van der Waals surface area contributed by atoms with Gasteiger partial charge in [-0.05, 0) is 36.4 Å². The molecule has 0 bridgehead atoms. The molecule has 0 fully saturated rings. The van der Waals surface area contributed by atoms with E-state index in [9.17, 15) is 14.0 Å². The summed E-state index contributed by atoms with van der Waals surface area (Å²) in [4.78, 5) is 33.9. The molecule has 0 unspecified atom stereocenters. The Labute approximate surface area is 162 Å². The smallest absolute Gasteiger partial charge is 0.267 e. The molecular formula is C19H13ClFN5O2. The Balaban J connectivity index is 1.90. The summed E-state index contributed by atoms with van der Waals surface area (Å²) in [6, 6.07) is 8.76. The average molecular weight is 398 g/mol. The van der Waals surface area contributed by atoms with E-state index in [1.807, 2.05) is 0 Å². The highest BCUT2D eigenvalue weighted by Gasteiger charge is 2.17. The number of hydrogen-bond acceptors (Lipinski definition) is 4. The van der Waals surface area contributed by atoms with Crippen molar-refractivity contribution in [2.45, 2.75) is 0 Å². The van der Waals surface area contributed by atoms with Crippen molar-refractivity contribution in [3.63, 3.8) is 0 Å². The summed E-state index contributed by atoms with van der Waals surface area (Å²) in [5.74, 6) is -1.46. The van der Waals surface area contributed by atoms with E-state index in [4.69, 9.17) is 17.3 Å². The lowest BCUT2D eigenvalue weighted by molar-refractivity contribution is 0.0996. The molecule has 9 heteroatoms. The Kier molecular flexibility index (Phi) is 4.32. The van der Waals surface area contributed by atoms with E-state index in [0.717, 1.165) is 5.39 Å². The predicted octanol–water partition coefficient (Wildman–Crippen LogP) is 3.55. The zero-order valence-corrected chi connectivity index (χ0v) is 15.0. The number of nitrogens with two attached hydrogens (primary N) is 1. The maximum atomic E-state index is 14.3. The van der Waals surface area contributed by atoms with Gasteiger partial charge in [-0.25, -0.2) is 9.37 Å². The summed E-state index contributed by atoms with van der Waals surface area (Å²) in [6.45, 7) is 0. The summed E-state index contributed by atoms with van der Waals surface area (Å²) in [5.41, 5.74) is 6.11. The monoisotopic (exact) mass is 397 g/mol. The molecule has 0 aliphatic carbocycles. The van der Waals surface area contributed by atoms with Gasteiger partial charge in [-0.1, -0.05) is 11.6 Å². The van der Waals surface area contributed by atoms with Gasteiger partial charge in [-0.2, -0.15) is 0 Å². The Bertz CT molecular complexity index is 1280. The van der Waals surface area contributed by atoms with Crippen LogP contribution in [0.15, 0.2) is 53.6 Å². The summed E-state index contributed by atoms with van der Waals surface area (Å²) < 4.78 is 14.3. The van der Waals surface area contributed by atoms with Crippen LogP contribution in [0.3, 0.4) is 0 Å². The van der Waals surface area contributed by atoms with Crippen molar-refractivity contribution in [3.8, 4) is 11.1 Å². The maximum absolute atomic E-state index is 14.3. The largest absolute Gasteiger partial charge is 0.364 e. The van der Waals surface area contributed by atoms with Crippen LogP contribution in [0.1, 0.15) is 10.5 Å². The van der Waals surface area contributed by atoms with E-state index in [1.165, 1.54) is 24.3 Å². The number of H-pyrrole nitrogens is 2. The molecule has 7 nitrogen and oxygen atoms in total. The first-order chi connectivity index (χ1) is 13.4. The molecule has 28 heavy (non-hydrogen) atoms. The number of nitrogens with zero attached hydrogens (tertiary/aromatic N) is 1. The van der Waals surface area contributed by atoms with Gasteiger partial charge >= 0.3 is 0 Å². The SMILES string of the molecule is NC(=O)c1[nH]c(=O)c(-c2cc(Cl)ccc2F)cc1Nc1ccnc2[nH]ccc12. The third kappa shape index (κ3) is 3.10. The van der Waals surface area contributed by atoms with Crippen LogP contribution in [-0.2, 0) is 0 Å². The minimum absolute atomic E-state index is 0.00636. The highest BCUT2D eigenvalue weighted by Crippen LogP contribution is 2.29. The molecular weight excluding hydrogens is 385 g/mol. The van der Waals surface area contributed by atoms with Gasteiger partial charge in [0.1, 0.15) is 17.2 Å². The Morgan fingerprint density at radius 1 is 1.14 bits per heavy atom. The van der Waals surface area contributed by atoms with Crippen molar-refractivity contribution < 1.29 is 9.18 Å². The normalized spacial score (nSPS) is 10.9. The lowest BCUT2D eigenvalue weighted by atomic mass is 10.0. The lowest BCUT2D eigenvalue weighted by Gasteiger charge is -2.13. The first-order valence-electron chi connectivity index (χ1n) is 8.15. The molecule has 1 amide bonds. The number of carbonyl (C=O) groups is 1. The number of amides is 1. The quantitative estimate of drug-likeness (QED) is 0.421. The van der Waals surface area contributed by atoms with Crippen LogP contribution in [0, 0.1) is 5.82 Å². The number of primary amides is 1. The number of hydrogen-bond donors (Lipinski definition) is 4. The highest BCUT2D eigenvalue weighted by atomic mass is 35.5. The number of pyridine rings is 2. The van der Waals surface area contributed by atoms with Gasteiger partial charge in [0, 0.05) is 28.4 Å². The topological polar surface area (TPSA) is 117 Å². The number of fused-ring (bicyclic) bond motifs is 1. The maximum Gasteiger partial charge on any atom is 0.267 e. The van der Waals surface area contributed by atoms with Crippen LogP contribution in [0.25, 0.3) is 22.2 Å². The fraction of sp³-hybridized carbons (Fsp3) is 0. The molecule has 3 heterocycles. The standard InChI is InChI=1S/C19H13ClFN5O2/c20-9-1-2-13(21)11(7-9)12-8-15(16(17(22)27)26-19(12)28)25-14-4-6-24-18-10(14)3-5-23-18/h1-8H,(H2,22,27)(H,26,28)(H2,23,24,25). The fourth-order valence-electron chi connectivity index (χ4n) is 2.94. The van der Waals surface area contributed by atoms with E-state index in [-0.39, 0.29) is 27.5 Å². The predicted molar refractivity (Wildman–Crippen MR) is 105 cm³/mol. The number of benzene rings is 1. The average Bonchev–Trinajstić information content (AvgIpc) is 3.14. The summed E-state index contributed by atoms with van der Waals surface area (Å²) >= 11 is 5.94. The third-order valence-electron chi connectivity index (χ3n) is 4.24. The fourth-order valence-corrected chi connectivity index (χ4v) is 3.11. The van der Waals surface area contributed by atoms with Crippen molar-refractivity contribution in [3.05, 3.63) is 75.7 Å². The van der Waals surface area contributed by atoms with Gasteiger partial charge < -0.3 is 21.0 Å².